The summed E-state index contributed by atoms with van der Waals surface area (Å²) in [6.07, 6.45) is -4.55. The SMILES string of the molecule is CC(CCN(C=O)c1ccc(-c2ccccc2P(C)C)c(F)c1F)NC(=O)Nc1ccc(OC(F)(F)F)cc1F. The number of rotatable bonds is 10. The molecule has 6 nitrogen and oxygen atoms in total. The number of anilines is 2. The fourth-order valence-corrected chi connectivity index (χ4v) is 4.93. The first kappa shape index (κ1) is 30.7. The van der Waals surface area contributed by atoms with E-state index in [0.717, 1.165) is 22.3 Å². The smallest absolute Gasteiger partial charge is 0.406 e. The van der Waals surface area contributed by atoms with Crippen LogP contribution in [0.5, 0.6) is 5.75 Å². The highest BCUT2D eigenvalue weighted by Crippen LogP contribution is 2.35. The molecule has 2 N–H and O–H groups in total. The molecule has 3 aromatic rings. The van der Waals surface area contributed by atoms with Crippen molar-refractivity contribution in [2.75, 3.05) is 30.1 Å². The zero-order valence-electron chi connectivity index (χ0n) is 21.7. The molecule has 1 atom stereocenters. The molecule has 40 heavy (non-hydrogen) atoms. The van der Waals surface area contributed by atoms with Gasteiger partial charge in [0, 0.05) is 24.2 Å². The summed E-state index contributed by atoms with van der Waals surface area (Å²) in [5.74, 6) is -4.23. The van der Waals surface area contributed by atoms with Crippen LogP contribution in [0.1, 0.15) is 13.3 Å². The van der Waals surface area contributed by atoms with Crippen molar-refractivity contribution < 1.29 is 40.7 Å². The Morgan fingerprint density at radius 3 is 2.35 bits per heavy atom. The third kappa shape index (κ3) is 7.88. The number of ether oxygens (including phenoxy) is 1. The quantitative estimate of drug-likeness (QED) is 0.160. The second-order valence-corrected chi connectivity index (χ2v) is 11.2. The average molecular weight is 585 g/mol. The van der Waals surface area contributed by atoms with Gasteiger partial charge in [-0.05, 0) is 61.8 Å². The van der Waals surface area contributed by atoms with Crippen LogP contribution in [-0.2, 0) is 4.79 Å². The monoisotopic (exact) mass is 585 g/mol. The molecule has 3 aromatic carbocycles. The van der Waals surface area contributed by atoms with Gasteiger partial charge in [0.05, 0.1) is 11.4 Å². The highest BCUT2D eigenvalue weighted by Gasteiger charge is 2.31. The summed E-state index contributed by atoms with van der Waals surface area (Å²) >= 11 is 0. The minimum Gasteiger partial charge on any atom is -0.406 e. The topological polar surface area (TPSA) is 70.7 Å². The Morgan fingerprint density at radius 1 is 1.02 bits per heavy atom. The first-order valence-electron chi connectivity index (χ1n) is 11.9. The number of hydrogen-bond donors (Lipinski definition) is 2. The largest absolute Gasteiger partial charge is 0.573 e. The molecule has 0 heterocycles. The van der Waals surface area contributed by atoms with E-state index in [1.165, 1.54) is 12.1 Å². The molecule has 3 rings (SSSR count). The number of carbonyl (C=O) groups is 2. The molecule has 3 amide bonds. The number of carbonyl (C=O) groups excluding carboxylic acids is 2. The Balaban J connectivity index is 1.64. The van der Waals surface area contributed by atoms with Crippen LogP contribution < -0.4 is 25.6 Å². The van der Waals surface area contributed by atoms with Gasteiger partial charge in [0.2, 0.25) is 6.41 Å². The van der Waals surface area contributed by atoms with Gasteiger partial charge in [-0.15, -0.1) is 13.2 Å². The summed E-state index contributed by atoms with van der Waals surface area (Å²) in [6, 6.07) is 10.6. The molecule has 0 aliphatic carbocycles. The molecule has 0 aromatic heterocycles. The molecular weight excluding hydrogens is 559 g/mol. The maximum atomic E-state index is 15.1. The lowest BCUT2D eigenvalue weighted by Gasteiger charge is -2.22. The Bertz CT molecular complexity index is 1370. The molecule has 0 saturated carbocycles. The van der Waals surface area contributed by atoms with Gasteiger partial charge >= 0.3 is 12.4 Å². The van der Waals surface area contributed by atoms with Gasteiger partial charge in [-0.1, -0.05) is 32.2 Å². The van der Waals surface area contributed by atoms with E-state index in [1.807, 2.05) is 25.5 Å². The Kier molecular flexibility index (Phi) is 10.0. The number of halogens is 6. The van der Waals surface area contributed by atoms with Gasteiger partial charge in [-0.3, -0.25) is 4.79 Å². The predicted molar refractivity (Wildman–Crippen MR) is 143 cm³/mol. The maximum Gasteiger partial charge on any atom is 0.573 e. The zero-order valence-corrected chi connectivity index (χ0v) is 22.5. The van der Waals surface area contributed by atoms with E-state index in [0.29, 0.717) is 18.0 Å². The first-order valence-corrected chi connectivity index (χ1v) is 14.1. The molecule has 1 unspecified atom stereocenters. The van der Waals surface area contributed by atoms with Crippen molar-refractivity contribution in [3.05, 3.63) is 72.0 Å². The average Bonchev–Trinajstić information content (AvgIpc) is 2.87. The molecule has 0 fully saturated rings. The van der Waals surface area contributed by atoms with Gasteiger partial charge in [0.15, 0.2) is 11.6 Å². The number of nitrogens with one attached hydrogen (secondary N) is 2. The van der Waals surface area contributed by atoms with Crippen molar-refractivity contribution in [2.45, 2.75) is 25.7 Å². The number of hydrogen-bond acceptors (Lipinski definition) is 3. The Hall–Kier alpha value is -3.79. The van der Waals surface area contributed by atoms with Crippen LogP contribution in [0.4, 0.5) is 42.5 Å². The number of nitrogens with zero attached hydrogens (tertiary/aromatic N) is 1. The van der Waals surface area contributed by atoms with E-state index in [4.69, 9.17) is 0 Å². The highest BCUT2D eigenvalue weighted by molar-refractivity contribution is 7.64. The van der Waals surface area contributed by atoms with Crippen molar-refractivity contribution in [3.8, 4) is 16.9 Å². The molecule has 0 spiro atoms. The summed E-state index contributed by atoms with van der Waals surface area (Å²) in [4.78, 5) is 24.9. The van der Waals surface area contributed by atoms with Crippen LogP contribution in [0.15, 0.2) is 54.6 Å². The van der Waals surface area contributed by atoms with Crippen molar-refractivity contribution in [3.63, 3.8) is 0 Å². The molecule has 0 aliphatic heterocycles. The molecule has 13 heteroatoms. The fourth-order valence-electron chi connectivity index (χ4n) is 3.87. The molecule has 0 aliphatic rings. The van der Waals surface area contributed by atoms with Crippen molar-refractivity contribution in [1.29, 1.82) is 0 Å². The predicted octanol–water partition coefficient (Wildman–Crippen LogP) is 6.60. The summed E-state index contributed by atoms with van der Waals surface area (Å²) < 4.78 is 84.7. The molecule has 0 saturated heterocycles. The summed E-state index contributed by atoms with van der Waals surface area (Å²) in [7, 11) is -0.594. The fraction of sp³-hybridized carbons (Fsp3) is 0.259. The highest BCUT2D eigenvalue weighted by atomic mass is 31.1. The minimum atomic E-state index is -5.00. The zero-order chi connectivity index (χ0) is 29.6. The second-order valence-electron chi connectivity index (χ2n) is 8.95. The standard InChI is InChI=1S/C27H26F6N3O3P/c1-16(34-26(38)35-21-10-8-17(14-20(21)28)39-27(31,32)33)12-13-36(15-37)22-11-9-19(24(29)25(22)30)18-6-4-5-7-23(18)40(2)3/h4-11,14-16H,12-13H2,1-3H3,(H2,34,35,38). The van der Waals surface area contributed by atoms with Gasteiger partial charge in [-0.25, -0.2) is 18.0 Å². The van der Waals surface area contributed by atoms with Crippen LogP contribution in [0.3, 0.4) is 0 Å². The number of amides is 3. The van der Waals surface area contributed by atoms with Gasteiger partial charge in [0.1, 0.15) is 11.6 Å². The summed E-state index contributed by atoms with van der Waals surface area (Å²) in [5, 5.41) is 5.54. The van der Waals surface area contributed by atoms with Crippen LogP contribution in [0, 0.1) is 17.5 Å². The first-order chi connectivity index (χ1) is 18.8. The van der Waals surface area contributed by atoms with Crippen molar-refractivity contribution in [2.24, 2.45) is 0 Å². The lowest BCUT2D eigenvalue weighted by atomic mass is 10.0. The van der Waals surface area contributed by atoms with Crippen LogP contribution in [0.2, 0.25) is 0 Å². The lowest BCUT2D eigenvalue weighted by molar-refractivity contribution is -0.274. The molecule has 0 bridgehead atoms. The Morgan fingerprint density at radius 2 is 1.73 bits per heavy atom. The lowest BCUT2D eigenvalue weighted by Crippen LogP contribution is -2.38. The molecular formula is C27H26F6N3O3P. The van der Waals surface area contributed by atoms with Crippen LogP contribution in [-0.4, -0.2) is 44.7 Å². The third-order valence-corrected chi connectivity index (χ3v) is 7.13. The van der Waals surface area contributed by atoms with E-state index in [-0.39, 0.29) is 24.2 Å². The van der Waals surface area contributed by atoms with E-state index < -0.39 is 55.2 Å². The van der Waals surface area contributed by atoms with Crippen LogP contribution in [0.25, 0.3) is 11.1 Å². The maximum absolute atomic E-state index is 15.1. The Labute approximate surface area is 228 Å². The van der Waals surface area contributed by atoms with Crippen molar-refractivity contribution in [1.82, 2.24) is 5.32 Å². The number of alkyl halides is 3. The van der Waals surface area contributed by atoms with Crippen LogP contribution >= 0.6 is 7.92 Å². The van der Waals surface area contributed by atoms with Gasteiger partial charge in [-0.2, -0.15) is 0 Å². The van der Waals surface area contributed by atoms with E-state index in [2.05, 4.69) is 15.4 Å². The number of benzene rings is 3. The minimum absolute atomic E-state index is 0.0795. The van der Waals surface area contributed by atoms with Gasteiger partial charge < -0.3 is 20.3 Å². The van der Waals surface area contributed by atoms with E-state index in [1.54, 1.807) is 19.1 Å². The second kappa shape index (κ2) is 13.0. The number of urea groups is 1. The van der Waals surface area contributed by atoms with E-state index in [9.17, 15) is 27.2 Å². The summed E-state index contributed by atoms with van der Waals surface area (Å²) in [5.41, 5.74) is -0.0200. The molecule has 0 radical (unpaired) electrons. The normalized spacial score (nSPS) is 12.2. The van der Waals surface area contributed by atoms with E-state index >= 15 is 8.78 Å². The van der Waals surface area contributed by atoms with Crippen molar-refractivity contribution >= 4 is 37.0 Å². The van der Waals surface area contributed by atoms with Gasteiger partial charge in [0.25, 0.3) is 0 Å². The third-order valence-electron chi connectivity index (χ3n) is 5.78. The molecule has 214 valence electrons. The summed E-state index contributed by atoms with van der Waals surface area (Å²) in [6.45, 7) is 5.47.